The Morgan fingerprint density at radius 2 is 2.20 bits per heavy atom. The number of amides is 1. The summed E-state index contributed by atoms with van der Waals surface area (Å²) in [5, 5.41) is 6.73. The predicted molar refractivity (Wildman–Crippen MR) is 81.7 cm³/mol. The molecule has 0 bridgehead atoms. The van der Waals surface area contributed by atoms with Crippen LogP contribution in [0, 0.1) is 6.92 Å². The van der Waals surface area contributed by atoms with Crippen LogP contribution in [0.15, 0.2) is 6.07 Å². The van der Waals surface area contributed by atoms with E-state index in [1.165, 1.54) is 0 Å². The molecule has 2 heterocycles. The monoisotopic (exact) mass is 294 g/mol. The number of nitrogen functional groups attached to an aromatic ring is 1. The summed E-state index contributed by atoms with van der Waals surface area (Å²) in [6.07, 6.45) is 0. The second kappa shape index (κ2) is 6.02. The summed E-state index contributed by atoms with van der Waals surface area (Å²) >= 11 is 1.55. The van der Waals surface area contributed by atoms with Gasteiger partial charge in [0.15, 0.2) is 0 Å². The number of fused-ring (bicyclic) bond motifs is 1. The van der Waals surface area contributed by atoms with Crippen LogP contribution in [0.5, 0.6) is 0 Å². The van der Waals surface area contributed by atoms with Crippen LogP contribution < -0.4 is 21.9 Å². The Labute approximate surface area is 121 Å². The van der Waals surface area contributed by atoms with Crippen molar-refractivity contribution >= 4 is 39.2 Å². The Morgan fingerprint density at radius 1 is 1.45 bits per heavy atom. The molecule has 0 spiro atoms. The number of thiophene rings is 1. The summed E-state index contributed by atoms with van der Waals surface area (Å²) in [7, 11) is 0. The van der Waals surface area contributed by atoms with Gasteiger partial charge in [-0.05, 0) is 26.8 Å². The number of carbonyl (C=O) groups excluding carboxylic acids is 1. The van der Waals surface area contributed by atoms with Crippen molar-refractivity contribution in [1.82, 2.24) is 15.3 Å². The molecule has 2 rings (SSSR count). The summed E-state index contributed by atoms with van der Waals surface area (Å²) in [6.45, 7) is 5.99. The predicted octanol–water partition coefficient (Wildman–Crippen LogP) is 1.22. The van der Waals surface area contributed by atoms with Crippen LogP contribution in [0.2, 0.25) is 0 Å². The van der Waals surface area contributed by atoms with E-state index in [9.17, 15) is 4.79 Å². The number of aromatic nitrogens is 2. The first-order valence-corrected chi connectivity index (χ1v) is 7.09. The second-order valence-corrected chi connectivity index (χ2v) is 5.93. The van der Waals surface area contributed by atoms with Crippen molar-refractivity contribution in [2.45, 2.75) is 26.8 Å². The third kappa shape index (κ3) is 3.34. The van der Waals surface area contributed by atoms with Gasteiger partial charge in [-0.1, -0.05) is 0 Å². The Morgan fingerprint density at radius 3 is 2.85 bits per heavy atom. The molecule has 0 radical (unpaired) electrons. The zero-order chi connectivity index (χ0) is 14.7. The fourth-order valence-electron chi connectivity index (χ4n) is 1.78. The highest BCUT2D eigenvalue weighted by Crippen LogP contribution is 2.29. The first kappa shape index (κ1) is 14.5. The van der Waals surface area contributed by atoms with Crippen LogP contribution in [-0.2, 0) is 4.79 Å². The van der Waals surface area contributed by atoms with Gasteiger partial charge in [-0.2, -0.15) is 4.98 Å². The fraction of sp³-hybridized carbons (Fsp3) is 0.417. The lowest BCUT2D eigenvalue weighted by molar-refractivity contribution is -0.119. The number of hydrazine groups is 1. The lowest BCUT2D eigenvalue weighted by Gasteiger charge is -2.10. The van der Waals surface area contributed by atoms with Crippen LogP contribution >= 0.6 is 11.3 Å². The van der Waals surface area contributed by atoms with Gasteiger partial charge in [-0.25, -0.2) is 10.8 Å². The van der Waals surface area contributed by atoms with Gasteiger partial charge in [-0.3, -0.25) is 10.2 Å². The molecule has 0 saturated heterocycles. The number of nitrogens with zero attached hydrogens (tertiary/aromatic N) is 2. The van der Waals surface area contributed by atoms with Crippen molar-refractivity contribution in [3.05, 3.63) is 10.9 Å². The van der Waals surface area contributed by atoms with E-state index in [0.717, 1.165) is 15.1 Å². The van der Waals surface area contributed by atoms with Crippen molar-refractivity contribution in [3.8, 4) is 0 Å². The van der Waals surface area contributed by atoms with E-state index in [1.807, 2.05) is 26.8 Å². The number of nitrogens with two attached hydrogens (primary N) is 1. The van der Waals surface area contributed by atoms with Crippen LogP contribution in [0.4, 0.5) is 11.8 Å². The molecule has 0 atom stereocenters. The van der Waals surface area contributed by atoms with E-state index >= 15 is 0 Å². The van der Waals surface area contributed by atoms with Gasteiger partial charge in [0.2, 0.25) is 11.9 Å². The van der Waals surface area contributed by atoms with Gasteiger partial charge in [-0.15, -0.1) is 11.3 Å². The van der Waals surface area contributed by atoms with Crippen LogP contribution in [-0.4, -0.2) is 28.5 Å². The number of nitrogens with one attached hydrogen (secondary N) is 3. The molecule has 2 aromatic rings. The highest BCUT2D eigenvalue weighted by atomic mass is 32.1. The number of rotatable bonds is 5. The van der Waals surface area contributed by atoms with Crippen LogP contribution in [0.1, 0.15) is 18.7 Å². The van der Waals surface area contributed by atoms with Gasteiger partial charge in [0.05, 0.1) is 11.9 Å². The molecule has 0 aliphatic heterocycles. The van der Waals surface area contributed by atoms with Gasteiger partial charge >= 0.3 is 0 Å². The number of carbonyl (C=O) groups is 1. The van der Waals surface area contributed by atoms with Crippen LogP contribution in [0.25, 0.3) is 10.2 Å². The van der Waals surface area contributed by atoms with E-state index < -0.39 is 0 Å². The Balaban J connectivity index is 2.21. The third-order valence-electron chi connectivity index (χ3n) is 2.51. The summed E-state index contributed by atoms with van der Waals surface area (Å²) in [5.41, 5.74) is 2.43. The van der Waals surface area contributed by atoms with E-state index in [1.54, 1.807) is 11.3 Å². The van der Waals surface area contributed by atoms with Crippen molar-refractivity contribution in [3.63, 3.8) is 0 Å². The first-order valence-electron chi connectivity index (χ1n) is 6.27. The van der Waals surface area contributed by atoms with E-state index in [2.05, 4.69) is 26.0 Å². The maximum absolute atomic E-state index is 11.7. The van der Waals surface area contributed by atoms with Gasteiger partial charge in [0.25, 0.3) is 0 Å². The van der Waals surface area contributed by atoms with Crippen molar-refractivity contribution in [1.29, 1.82) is 0 Å². The quantitative estimate of drug-likeness (QED) is 0.488. The van der Waals surface area contributed by atoms with Crippen molar-refractivity contribution in [2.24, 2.45) is 5.84 Å². The lowest BCUT2D eigenvalue weighted by atomic mass is 10.3. The van der Waals surface area contributed by atoms with E-state index in [-0.39, 0.29) is 18.5 Å². The molecular formula is C12H18N6OS. The molecule has 108 valence electrons. The van der Waals surface area contributed by atoms with Gasteiger partial charge < -0.3 is 10.6 Å². The number of hydrogen-bond donors (Lipinski definition) is 4. The fourth-order valence-corrected chi connectivity index (χ4v) is 2.66. The van der Waals surface area contributed by atoms with Crippen LogP contribution in [0.3, 0.4) is 0 Å². The molecule has 5 N–H and O–H groups in total. The van der Waals surface area contributed by atoms with Crippen molar-refractivity contribution < 1.29 is 4.79 Å². The zero-order valence-electron chi connectivity index (χ0n) is 11.7. The van der Waals surface area contributed by atoms with Gasteiger partial charge in [0, 0.05) is 10.9 Å². The number of hydrogen-bond acceptors (Lipinski definition) is 7. The molecule has 0 aliphatic rings. The summed E-state index contributed by atoms with van der Waals surface area (Å²) in [4.78, 5) is 22.2. The molecular weight excluding hydrogens is 276 g/mol. The molecule has 0 unspecified atom stereocenters. The molecule has 7 nitrogen and oxygen atoms in total. The molecule has 1 amide bonds. The number of anilines is 2. The second-order valence-electron chi connectivity index (χ2n) is 4.69. The highest BCUT2D eigenvalue weighted by Gasteiger charge is 2.11. The summed E-state index contributed by atoms with van der Waals surface area (Å²) < 4.78 is 0. The normalized spacial score (nSPS) is 10.8. The third-order valence-corrected chi connectivity index (χ3v) is 3.46. The Bertz CT molecular complexity index is 624. The SMILES string of the molecule is Cc1cc2c(NCC(=O)NC(C)C)nc(NN)nc2s1. The molecule has 2 aromatic heterocycles. The molecule has 0 aromatic carbocycles. The Kier molecular flexibility index (Phi) is 4.35. The largest absolute Gasteiger partial charge is 0.360 e. The maximum Gasteiger partial charge on any atom is 0.240 e. The van der Waals surface area contributed by atoms with Gasteiger partial charge in [0.1, 0.15) is 10.6 Å². The molecule has 8 heteroatoms. The maximum atomic E-state index is 11.7. The Hall–Kier alpha value is -1.93. The molecule has 0 saturated carbocycles. The minimum Gasteiger partial charge on any atom is -0.360 e. The molecule has 20 heavy (non-hydrogen) atoms. The smallest absolute Gasteiger partial charge is 0.240 e. The van der Waals surface area contributed by atoms with E-state index in [4.69, 9.17) is 5.84 Å². The molecule has 0 fully saturated rings. The summed E-state index contributed by atoms with van der Waals surface area (Å²) in [5.74, 6) is 6.21. The highest BCUT2D eigenvalue weighted by molar-refractivity contribution is 7.18. The zero-order valence-corrected chi connectivity index (χ0v) is 12.5. The standard InChI is InChI=1S/C12H18N6OS/c1-6(2)15-9(19)5-14-10-8-4-7(3)20-11(8)17-12(16-10)18-13/h4,6H,5,13H2,1-3H3,(H,15,19)(H2,14,16,17,18). The minimum atomic E-state index is -0.0824. The summed E-state index contributed by atoms with van der Waals surface area (Å²) in [6, 6.07) is 2.10. The average Bonchev–Trinajstić information content (AvgIpc) is 2.75. The number of aryl methyl sites for hydroxylation is 1. The lowest BCUT2D eigenvalue weighted by Crippen LogP contribution is -2.35. The topological polar surface area (TPSA) is 105 Å². The van der Waals surface area contributed by atoms with E-state index in [0.29, 0.717) is 11.8 Å². The van der Waals surface area contributed by atoms with Crippen molar-refractivity contribution in [2.75, 3.05) is 17.3 Å². The average molecular weight is 294 g/mol. The minimum absolute atomic E-state index is 0.0824. The first-order chi connectivity index (χ1) is 9.49. The molecule has 0 aliphatic carbocycles.